The molecule has 1 fully saturated rings. The predicted octanol–water partition coefficient (Wildman–Crippen LogP) is 0.439. The van der Waals surface area contributed by atoms with Crippen LogP contribution in [0, 0.1) is 0 Å². The Bertz CT molecular complexity index is 490. The minimum absolute atomic E-state index is 0.256. The Morgan fingerprint density at radius 3 is 2.95 bits per heavy atom. The van der Waals surface area contributed by atoms with Gasteiger partial charge in [-0.05, 0) is 19.1 Å². The number of methoxy groups -OCH3 is 1. The number of rotatable bonds is 4. The molecule has 20 heavy (non-hydrogen) atoms. The number of aliphatic hydroxyl groups excluding tert-OH is 1. The first-order valence-corrected chi connectivity index (χ1v) is 6.55. The summed E-state index contributed by atoms with van der Waals surface area (Å²) in [6.45, 7) is 2.98. The Balaban J connectivity index is 2.47. The molecule has 0 bridgehead atoms. The highest BCUT2D eigenvalue weighted by Gasteiger charge is 2.30. The van der Waals surface area contributed by atoms with E-state index in [9.17, 15) is 9.90 Å². The van der Waals surface area contributed by atoms with Crippen LogP contribution >= 0.6 is 0 Å². The van der Waals surface area contributed by atoms with Gasteiger partial charge in [-0.15, -0.1) is 0 Å². The van der Waals surface area contributed by atoms with Gasteiger partial charge in [-0.2, -0.15) is 0 Å². The molecule has 1 amide bonds. The van der Waals surface area contributed by atoms with E-state index in [-0.39, 0.29) is 6.61 Å². The third-order valence-corrected chi connectivity index (χ3v) is 3.45. The number of hydrogen-bond donors (Lipinski definition) is 2. The SMILES string of the molecule is COc1cccc(N2CCOCC2C(N)=O)c1[C@@H](C)O. The normalized spacial score (nSPS) is 20.6. The Hall–Kier alpha value is -1.79. The van der Waals surface area contributed by atoms with E-state index >= 15 is 0 Å². The largest absolute Gasteiger partial charge is 0.496 e. The summed E-state index contributed by atoms with van der Waals surface area (Å²) in [6, 6.07) is 4.93. The lowest BCUT2D eigenvalue weighted by Gasteiger charge is -2.37. The van der Waals surface area contributed by atoms with Gasteiger partial charge < -0.3 is 25.2 Å². The van der Waals surface area contributed by atoms with Crippen LogP contribution in [0.15, 0.2) is 18.2 Å². The highest BCUT2D eigenvalue weighted by molar-refractivity contribution is 5.84. The maximum atomic E-state index is 11.6. The third kappa shape index (κ3) is 2.71. The van der Waals surface area contributed by atoms with Crippen molar-refractivity contribution in [3.05, 3.63) is 23.8 Å². The van der Waals surface area contributed by atoms with Crippen LogP contribution in [0.1, 0.15) is 18.6 Å². The maximum absolute atomic E-state index is 11.6. The van der Waals surface area contributed by atoms with Crippen molar-refractivity contribution in [2.75, 3.05) is 31.8 Å². The number of hydrogen-bond acceptors (Lipinski definition) is 5. The van der Waals surface area contributed by atoms with Crippen molar-refractivity contribution in [1.29, 1.82) is 0 Å². The first-order chi connectivity index (χ1) is 9.56. The Kier molecular flexibility index (Phi) is 4.46. The molecule has 0 aliphatic carbocycles. The van der Waals surface area contributed by atoms with Gasteiger partial charge in [-0.3, -0.25) is 4.79 Å². The average molecular weight is 280 g/mol. The van der Waals surface area contributed by atoms with Crippen LogP contribution in [-0.4, -0.2) is 43.9 Å². The number of morpholine rings is 1. The molecule has 1 saturated heterocycles. The highest BCUT2D eigenvalue weighted by atomic mass is 16.5. The van der Waals surface area contributed by atoms with Crippen LogP contribution in [0.2, 0.25) is 0 Å². The summed E-state index contributed by atoms with van der Waals surface area (Å²) in [7, 11) is 1.55. The van der Waals surface area contributed by atoms with Crippen LogP contribution in [0.4, 0.5) is 5.69 Å². The van der Waals surface area contributed by atoms with Crippen molar-refractivity contribution in [1.82, 2.24) is 0 Å². The summed E-state index contributed by atoms with van der Waals surface area (Å²) >= 11 is 0. The maximum Gasteiger partial charge on any atom is 0.242 e. The van der Waals surface area contributed by atoms with Crippen molar-refractivity contribution < 1.29 is 19.4 Å². The number of nitrogens with two attached hydrogens (primary N) is 1. The van der Waals surface area contributed by atoms with E-state index < -0.39 is 18.1 Å². The molecule has 6 heteroatoms. The first kappa shape index (κ1) is 14.6. The average Bonchev–Trinajstić information content (AvgIpc) is 2.46. The summed E-state index contributed by atoms with van der Waals surface area (Å²) in [5, 5.41) is 10.0. The van der Waals surface area contributed by atoms with Crippen LogP contribution in [-0.2, 0) is 9.53 Å². The van der Waals surface area contributed by atoms with Gasteiger partial charge in [-0.25, -0.2) is 0 Å². The van der Waals surface area contributed by atoms with E-state index in [0.29, 0.717) is 24.5 Å². The van der Waals surface area contributed by atoms with Crippen LogP contribution in [0.3, 0.4) is 0 Å². The lowest BCUT2D eigenvalue weighted by Crippen LogP contribution is -2.53. The molecule has 3 N–H and O–H groups in total. The molecule has 1 aliphatic heterocycles. The van der Waals surface area contributed by atoms with E-state index in [2.05, 4.69) is 0 Å². The van der Waals surface area contributed by atoms with Crippen LogP contribution in [0.5, 0.6) is 5.75 Å². The topological polar surface area (TPSA) is 85.0 Å². The van der Waals surface area contributed by atoms with Gasteiger partial charge in [0.05, 0.1) is 26.4 Å². The van der Waals surface area contributed by atoms with Crippen molar-refractivity contribution in [2.45, 2.75) is 19.1 Å². The summed E-state index contributed by atoms with van der Waals surface area (Å²) < 4.78 is 10.6. The smallest absolute Gasteiger partial charge is 0.242 e. The van der Waals surface area contributed by atoms with Gasteiger partial charge in [0, 0.05) is 17.8 Å². The van der Waals surface area contributed by atoms with Crippen LogP contribution in [0.25, 0.3) is 0 Å². The molecule has 6 nitrogen and oxygen atoms in total. The first-order valence-electron chi connectivity index (χ1n) is 6.55. The fourth-order valence-corrected chi connectivity index (χ4v) is 2.51. The molecule has 1 aliphatic rings. The Morgan fingerprint density at radius 2 is 2.35 bits per heavy atom. The predicted molar refractivity (Wildman–Crippen MR) is 74.8 cm³/mol. The molecule has 0 saturated carbocycles. The third-order valence-electron chi connectivity index (χ3n) is 3.45. The minimum atomic E-state index is -0.711. The number of anilines is 1. The molecule has 1 aromatic rings. The van der Waals surface area contributed by atoms with Crippen molar-refractivity contribution >= 4 is 11.6 Å². The van der Waals surface area contributed by atoms with Crippen molar-refractivity contribution in [2.24, 2.45) is 5.73 Å². The number of carbonyl (C=O) groups excluding carboxylic acids is 1. The molecule has 2 atom stereocenters. The second kappa shape index (κ2) is 6.11. The quantitative estimate of drug-likeness (QED) is 0.836. The van der Waals surface area contributed by atoms with Gasteiger partial charge in [-0.1, -0.05) is 6.07 Å². The van der Waals surface area contributed by atoms with Gasteiger partial charge in [0.25, 0.3) is 0 Å². The standard InChI is InChI=1S/C14H20N2O4/c1-9(17)13-10(4-3-5-12(13)19-2)16-6-7-20-8-11(16)14(15)18/h3-5,9,11,17H,6-8H2,1-2H3,(H2,15,18)/t9-,11?/m1/s1. The molecular formula is C14H20N2O4. The molecule has 110 valence electrons. The molecular weight excluding hydrogens is 260 g/mol. The molecule has 1 heterocycles. The van der Waals surface area contributed by atoms with Crippen molar-refractivity contribution in [3.8, 4) is 5.75 Å². The summed E-state index contributed by atoms with van der Waals surface area (Å²) in [5.41, 5.74) is 6.85. The number of benzene rings is 1. The molecule has 0 radical (unpaired) electrons. The Labute approximate surface area is 118 Å². The summed E-state index contributed by atoms with van der Waals surface area (Å²) in [4.78, 5) is 13.5. The molecule has 0 aromatic heterocycles. The lowest BCUT2D eigenvalue weighted by molar-refractivity contribution is -0.121. The number of ether oxygens (including phenoxy) is 2. The van der Waals surface area contributed by atoms with Gasteiger partial charge in [0.15, 0.2) is 0 Å². The van der Waals surface area contributed by atoms with Crippen molar-refractivity contribution in [3.63, 3.8) is 0 Å². The second-order valence-electron chi connectivity index (χ2n) is 4.76. The molecule has 1 unspecified atom stereocenters. The lowest BCUT2D eigenvalue weighted by atomic mass is 10.0. The van der Waals surface area contributed by atoms with E-state index in [0.717, 1.165) is 5.69 Å². The number of carbonyl (C=O) groups is 1. The van der Waals surface area contributed by atoms with E-state index in [4.69, 9.17) is 15.2 Å². The Morgan fingerprint density at radius 1 is 1.60 bits per heavy atom. The zero-order valence-electron chi connectivity index (χ0n) is 11.7. The molecule has 2 rings (SSSR count). The zero-order chi connectivity index (χ0) is 14.7. The molecule has 1 aromatic carbocycles. The van der Waals surface area contributed by atoms with Crippen LogP contribution < -0.4 is 15.4 Å². The monoisotopic (exact) mass is 280 g/mol. The number of nitrogens with zero attached hydrogens (tertiary/aromatic N) is 1. The van der Waals surface area contributed by atoms with Gasteiger partial charge in [0.1, 0.15) is 11.8 Å². The highest BCUT2D eigenvalue weighted by Crippen LogP contribution is 2.35. The summed E-state index contributed by atoms with van der Waals surface area (Å²) in [6.07, 6.45) is -0.711. The van der Waals surface area contributed by atoms with E-state index in [1.54, 1.807) is 20.1 Å². The minimum Gasteiger partial charge on any atom is -0.496 e. The number of amides is 1. The van der Waals surface area contributed by atoms with Gasteiger partial charge in [0.2, 0.25) is 5.91 Å². The zero-order valence-corrected chi connectivity index (χ0v) is 11.7. The second-order valence-corrected chi connectivity index (χ2v) is 4.76. The fourth-order valence-electron chi connectivity index (χ4n) is 2.51. The number of aliphatic hydroxyl groups is 1. The van der Waals surface area contributed by atoms with E-state index in [1.807, 2.05) is 17.0 Å². The van der Waals surface area contributed by atoms with E-state index in [1.165, 1.54) is 0 Å². The van der Waals surface area contributed by atoms with Gasteiger partial charge >= 0.3 is 0 Å². The fraction of sp³-hybridized carbons (Fsp3) is 0.500. The number of primary amides is 1. The molecule has 0 spiro atoms. The summed E-state index contributed by atoms with van der Waals surface area (Å²) in [5.74, 6) is 0.149.